The Balaban J connectivity index is 2.68. The molecular formula is C66H111NO10. The minimum Gasteiger partial charge on any atom is -0.454 e. The minimum atomic E-state index is -1.63. The van der Waals surface area contributed by atoms with E-state index < -0.39 is 67.4 Å². The summed E-state index contributed by atoms with van der Waals surface area (Å²) in [5.74, 6) is -1.28. The van der Waals surface area contributed by atoms with Crippen molar-refractivity contribution in [2.24, 2.45) is 0 Å². The number of allylic oxidation sites excluding steroid dienone is 17. The third-order valence-corrected chi connectivity index (χ3v) is 13.8. The Morgan fingerprint density at radius 1 is 0.532 bits per heavy atom. The van der Waals surface area contributed by atoms with Crippen molar-refractivity contribution >= 4 is 11.9 Å². The molecule has 11 nitrogen and oxygen atoms in total. The Labute approximate surface area is 468 Å². The molecular weight excluding hydrogens is 967 g/mol. The summed E-state index contributed by atoms with van der Waals surface area (Å²) in [6, 6.07) is -1.07. The second kappa shape index (κ2) is 53.0. The molecule has 0 bridgehead atoms. The number of carbonyl (C=O) groups is 2. The largest absolute Gasteiger partial charge is 0.454 e. The van der Waals surface area contributed by atoms with Crippen LogP contribution in [0, 0.1) is 0 Å². The SMILES string of the molecule is CC/C=C/C=C/C=C\C=C/C=C/CCC(O)C(=O)NC(COC1OC(CO)C(O)C(O)C1OC(=O)CCCCCCCCCCCC/C=C\C/C=C\C/C=C\CCCCC)C(O)/C=C/CCCCCCCCCCCCC. The van der Waals surface area contributed by atoms with Crippen molar-refractivity contribution in [3.8, 4) is 0 Å². The van der Waals surface area contributed by atoms with Gasteiger partial charge in [-0.2, -0.15) is 0 Å². The third-order valence-electron chi connectivity index (χ3n) is 13.8. The van der Waals surface area contributed by atoms with Gasteiger partial charge in [0.05, 0.1) is 25.4 Å². The van der Waals surface area contributed by atoms with Gasteiger partial charge in [-0.05, 0) is 77.0 Å². The molecule has 8 atom stereocenters. The topological polar surface area (TPSA) is 175 Å². The summed E-state index contributed by atoms with van der Waals surface area (Å²) in [6.45, 7) is 5.55. The van der Waals surface area contributed by atoms with E-state index in [9.17, 15) is 35.1 Å². The van der Waals surface area contributed by atoms with E-state index in [4.69, 9.17) is 14.2 Å². The van der Waals surface area contributed by atoms with Gasteiger partial charge in [-0.3, -0.25) is 9.59 Å². The van der Waals surface area contributed by atoms with E-state index in [0.717, 1.165) is 77.0 Å². The predicted molar refractivity (Wildman–Crippen MR) is 319 cm³/mol. The molecule has 0 aliphatic carbocycles. The molecule has 8 unspecified atom stereocenters. The number of hydrogen-bond donors (Lipinski definition) is 6. The lowest BCUT2D eigenvalue weighted by atomic mass is 9.99. The smallest absolute Gasteiger partial charge is 0.306 e. The Kier molecular flexibility index (Phi) is 49.1. The predicted octanol–water partition coefficient (Wildman–Crippen LogP) is 14.5. The summed E-state index contributed by atoms with van der Waals surface area (Å²) >= 11 is 0. The Morgan fingerprint density at radius 2 is 0.987 bits per heavy atom. The van der Waals surface area contributed by atoms with Crippen LogP contribution in [0.3, 0.4) is 0 Å². The molecule has 6 N–H and O–H groups in total. The summed E-state index contributed by atoms with van der Waals surface area (Å²) < 4.78 is 17.6. The zero-order valence-corrected chi connectivity index (χ0v) is 48.5. The maximum Gasteiger partial charge on any atom is 0.306 e. The third kappa shape index (κ3) is 41.1. The van der Waals surface area contributed by atoms with Gasteiger partial charge >= 0.3 is 5.97 Å². The van der Waals surface area contributed by atoms with Crippen LogP contribution >= 0.6 is 0 Å². The van der Waals surface area contributed by atoms with Gasteiger partial charge in [-0.1, -0.05) is 259 Å². The van der Waals surface area contributed by atoms with Gasteiger partial charge in [-0.25, -0.2) is 0 Å². The maximum atomic E-state index is 13.3. The van der Waals surface area contributed by atoms with E-state index in [2.05, 4.69) is 68.6 Å². The molecule has 1 aliphatic heterocycles. The molecule has 1 rings (SSSR count). The molecule has 1 aliphatic rings. The summed E-state index contributed by atoms with van der Waals surface area (Å²) in [5, 5.41) is 56.8. The highest BCUT2D eigenvalue weighted by Crippen LogP contribution is 2.26. The van der Waals surface area contributed by atoms with Crippen LogP contribution in [0.2, 0.25) is 0 Å². The normalized spacial score (nSPS) is 19.8. The highest BCUT2D eigenvalue weighted by Gasteiger charge is 2.47. The standard InChI is InChI=1S/C66H111NO10/c1-4-7-10-13-16-19-22-25-26-27-28-29-30-31-32-33-34-36-39-42-45-48-51-54-61(71)77-64-63(73)62(72)60(55-68)76-66(64)75-56-57(58(69)52-49-46-43-40-38-35-23-20-17-14-11-8-5-2)67-65(74)59(70)53-50-47-44-41-37-24-21-18-15-12-9-6-3/h9,12,15-16,18-19,21,24-26,28-29,37,41,44,47,49,52,57-60,62-64,66,68-70,72-73H,4-8,10-11,13-14,17,20,22-23,27,30-36,38-40,42-43,45-46,48,50-51,53-56H2,1-3H3,(H,67,74)/b12-9+,18-15+,19-16-,24-21-,26-25-,29-28-,41-37-,47-44+,52-49+. The van der Waals surface area contributed by atoms with Crippen LogP contribution in [-0.2, 0) is 23.8 Å². The van der Waals surface area contributed by atoms with Gasteiger partial charge in [0, 0.05) is 6.42 Å². The van der Waals surface area contributed by atoms with Gasteiger partial charge in [0.15, 0.2) is 12.4 Å². The van der Waals surface area contributed by atoms with E-state index in [1.54, 1.807) is 6.08 Å². The highest BCUT2D eigenvalue weighted by atomic mass is 16.7. The van der Waals surface area contributed by atoms with E-state index in [1.807, 2.05) is 60.8 Å². The molecule has 0 saturated carbocycles. The van der Waals surface area contributed by atoms with E-state index in [0.29, 0.717) is 12.8 Å². The first-order chi connectivity index (χ1) is 37.7. The number of carbonyl (C=O) groups excluding carboxylic acids is 2. The second-order valence-corrected chi connectivity index (χ2v) is 20.8. The fourth-order valence-electron chi connectivity index (χ4n) is 8.92. The van der Waals surface area contributed by atoms with Crippen LogP contribution in [0.25, 0.3) is 0 Å². The van der Waals surface area contributed by atoms with Crippen molar-refractivity contribution in [1.29, 1.82) is 0 Å². The molecule has 0 aromatic rings. The number of nitrogens with one attached hydrogen (secondary N) is 1. The van der Waals surface area contributed by atoms with Crippen LogP contribution in [0.4, 0.5) is 0 Å². The molecule has 440 valence electrons. The van der Waals surface area contributed by atoms with Crippen LogP contribution in [0.15, 0.2) is 109 Å². The number of ether oxygens (including phenoxy) is 3. The summed E-state index contributed by atoms with van der Waals surface area (Å²) in [5.41, 5.74) is 0. The van der Waals surface area contributed by atoms with Crippen LogP contribution in [-0.4, -0.2) is 99.6 Å². The zero-order valence-electron chi connectivity index (χ0n) is 48.5. The Bertz CT molecular complexity index is 1660. The zero-order chi connectivity index (χ0) is 56.1. The number of hydrogen-bond acceptors (Lipinski definition) is 10. The number of aliphatic hydroxyl groups excluding tert-OH is 5. The Morgan fingerprint density at radius 3 is 1.52 bits per heavy atom. The summed E-state index contributed by atoms with van der Waals surface area (Å²) in [4.78, 5) is 26.5. The van der Waals surface area contributed by atoms with Crippen LogP contribution in [0.1, 0.15) is 233 Å². The van der Waals surface area contributed by atoms with Crippen molar-refractivity contribution in [2.75, 3.05) is 13.2 Å². The van der Waals surface area contributed by atoms with Gasteiger partial charge in [0.25, 0.3) is 0 Å². The van der Waals surface area contributed by atoms with Crippen molar-refractivity contribution in [1.82, 2.24) is 5.32 Å². The van der Waals surface area contributed by atoms with Crippen molar-refractivity contribution < 1.29 is 49.3 Å². The number of aliphatic hydroxyl groups is 5. The molecule has 11 heteroatoms. The lowest BCUT2D eigenvalue weighted by Gasteiger charge is -2.41. The second-order valence-electron chi connectivity index (χ2n) is 20.8. The number of amides is 1. The molecule has 0 spiro atoms. The average molecular weight is 1080 g/mol. The summed E-state index contributed by atoms with van der Waals surface area (Å²) in [6.07, 6.45) is 61.5. The fourth-order valence-corrected chi connectivity index (χ4v) is 8.92. The van der Waals surface area contributed by atoms with Crippen molar-refractivity contribution in [3.63, 3.8) is 0 Å². The Hall–Kier alpha value is -3.68. The number of rotatable bonds is 50. The molecule has 1 saturated heterocycles. The first kappa shape index (κ1) is 71.3. The number of esters is 1. The lowest BCUT2D eigenvalue weighted by molar-refractivity contribution is -0.305. The quantitative estimate of drug-likeness (QED) is 0.0149. The van der Waals surface area contributed by atoms with Crippen LogP contribution < -0.4 is 5.32 Å². The van der Waals surface area contributed by atoms with E-state index in [1.165, 1.54) is 109 Å². The van der Waals surface area contributed by atoms with Crippen molar-refractivity contribution in [3.05, 3.63) is 109 Å². The average Bonchev–Trinajstić information content (AvgIpc) is 3.43. The van der Waals surface area contributed by atoms with E-state index in [-0.39, 0.29) is 19.4 Å². The lowest BCUT2D eigenvalue weighted by Crippen LogP contribution is -2.61. The van der Waals surface area contributed by atoms with Gasteiger partial charge in [0.2, 0.25) is 5.91 Å². The first-order valence-electron chi connectivity index (χ1n) is 30.7. The van der Waals surface area contributed by atoms with Crippen molar-refractivity contribution in [2.45, 2.75) is 282 Å². The molecule has 1 amide bonds. The molecule has 0 aromatic carbocycles. The highest BCUT2D eigenvalue weighted by molar-refractivity contribution is 5.80. The van der Waals surface area contributed by atoms with E-state index >= 15 is 0 Å². The maximum absolute atomic E-state index is 13.3. The fraction of sp³-hybridized carbons (Fsp3) is 0.697. The molecule has 1 heterocycles. The number of unbranched alkanes of at least 4 members (excludes halogenated alkanes) is 24. The monoisotopic (exact) mass is 1080 g/mol. The first-order valence-corrected chi connectivity index (χ1v) is 30.7. The van der Waals surface area contributed by atoms with Gasteiger partial charge in [0.1, 0.15) is 24.4 Å². The van der Waals surface area contributed by atoms with Gasteiger partial charge in [-0.15, -0.1) is 0 Å². The minimum absolute atomic E-state index is 0.104. The molecule has 1 fully saturated rings. The molecule has 0 aromatic heterocycles. The molecule has 0 radical (unpaired) electrons. The molecule has 77 heavy (non-hydrogen) atoms. The van der Waals surface area contributed by atoms with Gasteiger partial charge < -0.3 is 45.1 Å². The summed E-state index contributed by atoms with van der Waals surface area (Å²) in [7, 11) is 0. The van der Waals surface area contributed by atoms with Crippen LogP contribution in [0.5, 0.6) is 0 Å².